The number of piperidine rings is 1. The summed E-state index contributed by atoms with van der Waals surface area (Å²) in [5.74, 6) is 1.82. The van der Waals surface area contributed by atoms with Crippen LogP contribution in [0, 0.1) is 5.92 Å². The van der Waals surface area contributed by atoms with E-state index in [4.69, 9.17) is 0 Å². The SMILES string of the molecule is CN=C(NCCN1CCC(C)CC1)NC(C)C. The lowest BCUT2D eigenvalue weighted by Gasteiger charge is -2.30. The fourth-order valence-corrected chi connectivity index (χ4v) is 2.09. The summed E-state index contributed by atoms with van der Waals surface area (Å²) in [7, 11) is 1.82. The second kappa shape index (κ2) is 7.54. The minimum atomic E-state index is 0.428. The largest absolute Gasteiger partial charge is 0.355 e. The second-order valence-corrected chi connectivity index (χ2v) is 5.32. The van der Waals surface area contributed by atoms with E-state index in [1.165, 1.54) is 25.9 Å². The standard InChI is InChI=1S/C13H28N4/c1-11(2)16-13(14-4)15-7-10-17-8-5-12(3)6-9-17/h11-12H,5-10H2,1-4H3,(H2,14,15,16). The van der Waals surface area contributed by atoms with Gasteiger partial charge in [-0.25, -0.2) is 0 Å². The Bertz CT molecular complexity index is 230. The quantitative estimate of drug-likeness (QED) is 0.574. The van der Waals surface area contributed by atoms with Crippen LogP contribution in [0.15, 0.2) is 4.99 Å². The van der Waals surface area contributed by atoms with E-state index in [-0.39, 0.29) is 0 Å². The van der Waals surface area contributed by atoms with Crippen LogP contribution in [0.1, 0.15) is 33.6 Å². The number of guanidine groups is 1. The molecule has 1 heterocycles. The summed E-state index contributed by atoms with van der Waals surface area (Å²) in [6.45, 7) is 11.2. The lowest BCUT2D eigenvalue weighted by atomic mass is 9.99. The van der Waals surface area contributed by atoms with Gasteiger partial charge in [-0.2, -0.15) is 0 Å². The molecule has 1 aliphatic heterocycles. The monoisotopic (exact) mass is 240 g/mol. The highest BCUT2D eigenvalue weighted by Crippen LogP contribution is 2.14. The second-order valence-electron chi connectivity index (χ2n) is 5.32. The highest BCUT2D eigenvalue weighted by Gasteiger charge is 2.14. The molecule has 0 amide bonds. The van der Waals surface area contributed by atoms with Crippen molar-refractivity contribution < 1.29 is 0 Å². The Balaban J connectivity index is 2.14. The Kier molecular flexibility index (Phi) is 6.34. The molecular formula is C13H28N4. The van der Waals surface area contributed by atoms with Gasteiger partial charge in [-0.1, -0.05) is 6.92 Å². The van der Waals surface area contributed by atoms with Crippen LogP contribution in [0.3, 0.4) is 0 Å². The summed E-state index contributed by atoms with van der Waals surface area (Å²) in [5, 5.41) is 6.65. The first-order valence-electron chi connectivity index (χ1n) is 6.81. The highest BCUT2D eigenvalue weighted by molar-refractivity contribution is 5.79. The molecule has 0 aromatic carbocycles. The van der Waals surface area contributed by atoms with Crippen LogP contribution in [0.5, 0.6) is 0 Å². The van der Waals surface area contributed by atoms with Gasteiger partial charge in [0.15, 0.2) is 5.96 Å². The van der Waals surface area contributed by atoms with Crippen molar-refractivity contribution in [3.8, 4) is 0 Å². The van der Waals surface area contributed by atoms with E-state index in [2.05, 4.69) is 41.3 Å². The van der Waals surface area contributed by atoms with Crippen molar-refractivity contribution >= 4 is 5.96 Å². The Labute approximate surface area is 106 Å². The molecule has 0 aromatic heterocycles. The van der Waals surface area contributed by atoms with Crippen LogP contribution >= 0.6 is 0 Å². The number of aliphatic imine (C=N–C) groups is 1. The normalized spacial score (nSPS) is 19.7. The molecule has 1 rings (SSSR count). The molecule has 4 heteroatoms. The van der Waals surface area contributed by atoms with E-state index in [0.717, 1.165) is 25.0 Å². The molecule has 0 saturated carbocycles. The van der Waals surface area contributed by atoms with E-state index in [1.54, 1.807) is 0 Å². The summed E-state index contributed by atoms with van der Waals surface area (Å²) in [4.78, 5) is 6.74. The van der Waals surface area contributed by atoms with E-state index < -0.39 is 0 Å². The summed E-state index contributed by atoms with van der Waals surface area (Å²) in [5.41, 5.74) is 0. The van der Waals surface area contributed by atoms with Crippen LogP contribution in [-0.2, 0) is 0 Å². The Hall–Kier alpha value is -0.770. The van der Waals surface area contributed by atoms with Crippen molar-refractivity contribution in [2.75, 3.05) is 33.2 Å². The molecule has 0 aliphatic carbocycles. The molecule has 0 atom stereocenters. The zero-order chi connectivity index (χ0) is 12.7. The number of nitrogens with zero attached hydrogens (tertiary/aromatic N) is 2. The van der Waals surface area contributed by atoms with Gasteiger partial charge in [0.05, 0.1) is 0 Å². The fraction of sp³-hybridized carbons (Fsp3) is 0.923. The number of rotatable bonds is 4. The van der Waals surface area contributed by atoms with Gasteiger partial charge in [-0.3, -0.25) is 4.99 Å². The van der Waals surface area contributed by atoms with Gasteiger partial charge >= 0.3 is 0 Å². The third-order valence-corrected chi connectivity index (χ3v) is 3.25. The van der Waals surface area contributed by atoms with Crippen molar-refractivity contribution in [1.82, 2.24) is 15.5 Å². The Morgan fingerprint density at radius 3 is 2.53 bits per heavy atom. The molecule has 17 heavy (non-hydrogen) atoms. The van der Waals surface area contributed by atoms with Crippen molar-refractivity contribution in [1.29, 1.82) is 0 Å². The maximum absolute atomic E-state index is 4.20. The van der Waals surface area contributed by atoms with Gasteiger partial charge in [0.1, 0.15) is 0 Å². The van der Waals surface area contributed by atoms with Crippen LogP contribution in [0.25, 0.3) is 0 Å². The first-order chi connectivity index (χ1) is 8.11. The molecular weight excluding hydrogens is 212 g/mol. The Morgan fingerprint density at radius 1 is 1.35 bits per heavy atom. The number of hydrogen-bond donors (Lipinski definition) is 2. The van der Waals surface area contributed by atoms with Crippen molar-refractivity contribution in [2.45, 2.75) is 39.7 Å². The zero-order valence-corrected chi connectivity index (χ0v) is 11.8. The third-order valence-electron chi connectivity index (χ3n) is 3.25. The first kappa shape index (κ1) is 14.3. The molecule has 0 unspecified atom stereocenters. The van der Waals surface area contributed by atoms with Gasteiger partial charge in [0.2, 0.25) is 0 Å². The van der Waals surface area contributed by atoms with Crippen LogP contribution in [0.4, 0.5) is 0 Å². The van der Waals surface area contributed by atoms with Crippen LogP contribution < -0.4 is 10.6 Å². The maximum Gasteiger partial charge on any atom is 0.191 e. The van der Waals surface area contributed by atoms with Gasteiger partial charge in [0, 0.05) is 26.2 Å². The molecule has 4 nitrogen and oxygen atoms in total. The van der Waals surface area contributed by atoms with Gasteiger partial charge in [-0.15, -0.1) is 0 Å². The maximum atomic E-state index is 4.20. The van der Waals surface area contributed by atoms with Crippen LogP contribution in [0.2, 0.25) is 0 Å². The summed E-state index contributed by atoms with van der Waals surface area (Å²) in [6.07, 6.45) is 2.69. The Morgan fingerprint density at radius 2 is 2.00 bits per heavy atom. The lowest BCUT2D eigenvalue weighted by Crippen LogP contribution is -2.45. The van der Waals surface area contributed by atoms with Crippen LogP contribution in [-0.4, -0.2) is 50.1 Å². The van der Waals surface area contributed by atoms with E-state index >= 15 is 0 Å². The van der Waals surface area contributed by atoms with E-state index in [0.29, 0.717) is 6.04 Å². The van der Waals surface area contributed by atoms with Gasteiger partial charge < -0.3 is 15.5 Å². The predicted molar refractivity (Wildman–Crippen MR) is 74.5 cm³/mol. The molecule has 100 valence electrons. The van der Waals surface area contributed by atoms with E-state index in [1.807, 2.05) is 7.05 Å². The summed E-state index contributed by atoms with van der Waals surface area (Å²) < 4.78 is 0. The highest BCUT2D eigenvalue weighted by atomic mass is 15.2. The minimum Gasteiger partial charge on any atom is -0.355 e. The molecule has 1 saturated heterocycles. The van der Waals surface area contributed by atoms with Crippen molar-refractivity contribution in [3.05, 3.63) is 0 Å². The minimum absolute atomic E-state index is 0.428. The molecule has 0 spiro atoms. The zero-order valence-electron chi connectivity index (χ0n) is 11.8. The average Bonchev–Trinajstić information content (AvgIpc) is 2.30. The number of likely N-dealkylation sites (tertiary alicyclic amines) is 1. The summed E-state index contributed by atoms with van der Waals surface area (Å²) >= 11 is 0. The fourth-order valence-electron chi connectivity index (χ4n) is 2.09. The lowest BCUT2D eigenvalue weighted by molar-refractivity contribution is 0.195. The molecule has 1 fully saturated rings. The number of nitrogens with one attached hydrogen (secondary N) is 2. The first-order valence-corrected chi connectivity index (χ1v) is 6.81. The molecule has 1 aliphatic rings. The summed E-state index contributed by atoms with van der Waals surface area (Å²) in [6, 6.07) is 0.428. The van der Waals surface area contributed by atoms with E-state index in [9.17, 15) is 0 Å². The average molecular weight is 240 g/mol. The van der Waals surface area contributed by atoms with Gasteiger partial charge in [0.25, 0.3) is 0 Å². The predicted octanol–water partition coefficient (Wildman–Crippen LogP) is 1.29. The van der Waals surface area contributed by atoms with Crippen molar-refractivity contribution in [3.63, 3.8) is 0 Å². The smallest absolute Gasteiger partial charge is 0.191 e. The molecule has 0 aromatic rings. The molecule has 2 N–H and O–H groups in total. The third kappa shape index (κ3) is 5.91. The molecule has 0 radical (unpaired) electrons. The van der Waals surface area contributed by atoms with Gasteiger partial charge in [-0.05, 0) is 45.7 Å². The topological polar surface area (TPSA) is 39.7 Å². The molecule has 0 bridgehead atoms. The number of hydrogen-bond acceptors (Lipinski definition) is 2. The van der Waals surface area contributed by atoms with Crippen molar-refractivity contribution in [2.24, 2.45) is 10.9 Å².